The molecule has 6 heteroatoms. The van der Waals surface area contributed by atoms with Gasteiger partial charge >= 0.3 is 0 Å². The highest BCUT2D eigenvalue weighted by molar-refractivity contribution is 9.10. The summed E-state index contributed by atoms with van der Waals surface area (Å²) >= 11 is 3.41. The zero-order valence-electron chi connectivity index (χ0n) is 12.4. The minimum absolute atomic E-state index is 0.159. The number of fused-ring (bicyclic) bond motifs is 2. The van der Waals surface area contributed by atoms with Gasteiger partial charge in [-0.3, -0.25) is 9.78 Å². The van der Waals surface area contributed by atoms with Gasteiger partial charge in [-0.05, 0) is 44.0 Å². The van der Waals surface area contributed by atoms with Gasteiger partial charge < -0.3 is 5.32 Å². The number of hydrogen-bond acceptors (Lipinski definition) is 2. The number of halogens is 3. The summed E-state index contributed by atoms with van der Waals surface area (Å²) in [5, 5.41) is 3.68. The first kappa shape index (κ1) is 15.0. The lowest BCUT2D eigenvalue weighted by molar-refractivity contribution is 0.0649. The summed E-state index contributed by atoms with van der Waals surface area (Å²) in [6, 6.07) is 7.18. The van der Waals surface area contributed by atoms with Crippen molar-refractivity contribution in [3.63, 3.8) is 0 Å². The second-order valence-electron chi connectivity index (χ2n) is 6.50. The Morgan fingerprint density at radius 1 is 1.30 bits per heavy atom. The molecule has 23 heavy (non-hydrogen) atoms. The highest BCUT2D eigenvalue weighted by atomic mass is 79.9. The second kappa shape index (κ2) is 4.97. The van der Waals surface area contributed by atoms with Gasteiger partial charge in [0.25, 0.3) is 11.8 Å². The molecule has 4 rings (SSSR count). The number of nitrogens with zero attached hydrogens (tertiary/aromatic N) is 1. The first-order chi connectivity index (χ1) is 10.9. The number of carbonyl (C=O) groups excluding carboxylic acids is 1. The van der Waals surface area contributed by atoms with Crippen LogP contribution in [0.4, 0.5) is 8.78 Å². The minimum atomic E-state index is -2.51. The number of amides is 1. The van der Waals surface area contributed by atoms with Crippen LogP contribution in [0, 0.1) is 18.8 Å². The van der Waals surface area contributed by atoms with Crippen molar-refractivity contribution < 1.29 is 13.6 Å². The minimum Gasteiger partial charge on any atom is -0.349 e. The summed E-state index contributed by atoms with van der Waals surface area (Å²) in [5.74, 6) is -3.81. The highest BCUT2D eigenvalue weighted by Gasteiger charge is 2.71. The molecule has 1 N–H and O–H groups in total. The van der Waals surface area contributed by atoms with E-state index < -0.39 is 17.8 Å². The Morgan fingerprint density at radius 2 is 2.00 bits per heavy atom. The smallest absolute Gasteiger partial charge is 0.254 e. The largest absolute Gasteiger partial charge is 0.349 e. The van der Waals surface area contributed by atoms with E-state index in [4.69, 9.17) is 0 Å². The Hall–Kier alpha value is -1.56. The van der Waals surface area contributed by atoms with Crippen molar-refractivity contribution in [1.29, 1.82) is 0 Å². The van der Waals surface area contributed by atoms with E-state index in [-0.39, 0.29) is 11.9 Å². The van der Waals surface area contributed by atoms with E-state index in [1.807, 2.05) is 25.1 Å². The fourth-order valence-electron chi connectivity index (χ4n) is 3.71. The van der Waals surface area contributed by atoms with E-state index in [1.165, 1.54) is 0 Å². The normalized spacial score (nSPS) is 27.7. The van der Waals surface area contributed by atoms with Crippen LogP contribution in [-0.4, -0.2) is 22.9 Å². The summed E-state index contributed by atoms with van der Waals surface area (Å²) in [4.78, 5) is 17.0. The number of hydrogen-bond donors (Lipinski definition) is 1. The molecule has 0 bridgehead atoms. The van der Waals surface area contributed by atoms with Gasteiger partial charge in [0.1, 0.15) is 0 Å². The van der Waals surface area contributed by atoms with Crippen molar-refractivity contribution in [1.82, 2.24) is 10.3 Å². The fraction of sp³-hybridized carbons (Fsp3) is 0.412. The van der Waals surface area contributed by atoms with Crippen LogP contribution in [0.15, 0.2) is 28.7 Å². The molecule has 3 nitrogen and oxygen atoms in total. The Balaban J connectivity index is 1.59. The standard InChI is InChI=1S/C17H15BrF2N2O/c1-8-4-12(11-5-9(18)2-3-15(11)21-8)16(23)22-10-6-13-14(7-10)17(13,19)20/h2-5,10,13-14H,6-7H2,1H3,(H,22,23). The van der Waals surface area contributed by atoms with Gasteiger partial charge in [0.05, 0.1) is 11.1 Å². The molecule has 2 aliphatic carbocycles. The maximum absolute atomic E-state index is 13.3. The summed E-state index contributed by atoms with van der Waals surface area (Å²) in [6.45, 7) is 1.84. The molecule has 0 radical (unpaired) electrons. The van der Waals surface area contributed by atoms with Gasteiger partial charge in [0.2, 0.25) is 0 Å². The fourth-order valence-corrected chi connectivity index (χ4v) is 4.07. The van der Waals surface area contributed by atoms with Crippen molar-refractivity contribution in [2.24, 2.45) is 11.8 Å². The third kappa shape index (κ3) is 2.43. The van der Waals surface area contributed by atoms with Crippen LogP contribution < -0.4 is 5.32 Å². The Kier molecular flexibility index (Phi) is 3.24. The van der Waals surface area contributed by atoms with Crippen LogP contribution in [0.5, 0.6) is 0 Å². The van der Waals surface area contributed by atoms with Crippen molar-refractivity contribution in [3.8, 4) is 0 Å². The predicted octanol–water partition coefficient (Wildman–Crippen LogP) is 4.08. The molecular weight excluding hydrogens is 366 g/mol. The van der Waals surface area contributed by atoms with E-state index >= 15 is 0 Å². The van der Waals surface area contributed by atoms with Gasteiger partial charge in [-0.25, -0.2) is 8.78 Å². The van der Waals surface area contributed by atoms with Crippen LogP contribution in [0.2, 0.25) is 0 Å². The molecule has 1 aromatic carbocycles. The Morgan fingerprint density at radius 3 is 2.70 bits per heavy atom. The van der Waals surface area contributed by atoms with Crippen LogP contribution in [-0.2, 0) is 0 Å². The molecule has 2 unspecified atom stereocenters. The van der Waals surface area contributed by atoms with Crippen LogP contribution >= 0.6 is 15.9 Å². The lowest BCUT2D eigenvalue weighted by Gasteiger charge is -2.17. The van der Waals surface area contributed by atoms with E-state index in [0.717, 1.165) is 21.1 Å². The van der Waals surface area contributed by atoms with Crippen molar-refractivity contribution in [3.05, 3.63) is 40.0 Å². The monoisotopic (exact) mass is 380 g/mol. The molecule has 2 fully saturated rings. The SMILES string of the molecule is Cc1cc(C(=O)NC2CC3C(C2)C3(F)F)c2cc(Br)ccc2n1. The second-order valence-corrected chi connectivity index (χ2v) is 7.42. The number of aromatic nitrogens is 1. The number of carbonyl (C=O) groups is 1. The van der Waals surface area contributed by atoms with Gasteiger partial charge in [-0.1, -0.05) is 15.9 Å². The van der Waals surface area contributed by atoms with Crippen molar-refractivity contribution in [2.75, 3.05) is 0 Å². The number of rotatable bonds is 2. The molecule has 0 aliphatic heterocycles. The molecule has 1 aromatic heterocycles. The zero-order chi connectivity index (χ0) is 16.4. The molecule has 120 valence electrons. The molecule has 2 aliphatic rings. The Bertz CT molecular complexity index is 810. The summed E-state index contributed by atoms with van der Waals surface area (Å²) in [6.07, 6.45) is 0.740. The van der Waals surface area contributed by atoms with E-state index in [1.54, 1.807) is 6.07 Å². The number of pyridine rings is 1. The average Bonchev–Trinajstić information content (AvgIpc) is 2.86. The van der Waals surface area contributed by atoms with Crippen molar-refractivity contribution >= 4 is 32.7 Å². The molecule has 1 amide bonds. The number of benzene rings is 1. The van der Waals surface area contributed by atoms with Crippen LogP contribution in [0.1, 0.15) is 28.9 Å². The maximum atomic E-state index is 13.3. The molecule has 2 atom stereocenters. The summed E-state index contributed by atoms with van der Waals surface area (Å²) in [7, 11) is 0. The van der Waals surface area contributed by atoms with Gasteiger partial charge in [0, 0.05) is 33.4 Å². The number of alkyl halides is 2. The van der Waals surface area contributed by atoms with E-state index in [2.05, 4.69) is 26.2 Å². The lowest BCUT2D eigenvalue weighted by Crippen LogP contribution is -2.35. The Labute approximate surface area is 140 Å². The van der Waals surface area contributed by atoms with E-state index in [0.29, 0.717) is 18.4 Å². The summed E-state index contributed by atoms with van der Waals surface area (Å²) in [5.41, 5.74) is 2.05. The lowest BCUT2D eigenvalue weighted by atomic mass is 10.1. The molecular formula is C17H15BrF2N2O. The third-order valence-corrected chi connectivity index (χ3v) is 5.41. The summed E-state index contributed by atoms with van der Waals surface area (Å²) < 4.78 is 27.4. The van der Waals surface area contributed by atoms with Gasteiger partial charge in [0.15, 0.2) is 0 Å². The highest BCUT2D eigenvalue weighted by Crippen LogP contribution is 2.64. The quantitative estimate of drug-likeness (QED) is 0.852. The molecule has 0 spiro atoms. The van der Waals surface area contributed by atoms with Gasteiger partial charge in [-0.2, -0.15) is 0 Å². The zero-order valence-corrected chi connectivity index (χ0v) is 14.0. The van der Waals surface area contributed by atoms with Crippen LogP contribution in [0.3, 0.4) is 0 Å². The predicted molar refractivity (Wildman–Crippen MR) is 86.6 cm³/mol. The molecule has 2 aromatic rings. The first-order valence-electron chi connectivity index (χ1n) is 7.62. The number of nitrogens with one attached hydrogen (secondary N) is 1. The maximum Gasteiger partial charge on any atom is 0.254 e. The third-order valence-electron chi connectivity index (χ3n) is 4.92. The average molecular weight is 381 g/mol. The molecule has 1 heterocycles. The van der Waals surface area contributed by atoms with E-state index in [9.17, 15) is 13.6 Å². The van der Waals surface area contributed by atoms with Crippen LogP contribution in [0.25, 0.3) is 10.9 Å². The topological polar surface area (TPSA) is 42.0 Å². The van der Waals surface area contributed by atoms with Crippen molar-refractivity contribution in [2.45, 2.75) is 31.7 Å². The first-order valence-corrected chi connectivity index (χ1v) is 8.41. The molecule has 2 saturated carbocycles. The molecule has 0 saturated heterocycles. The van der Waals surface area contributed by atoms with Gasteiger partial charge in [-0.15, -0.1) is 0 Å². The number of aryl methyl sites for hydroxylation is 1.